The summed E-state index contributed by atoms with van der Waals surface area (Å²) in [4.78, 5) is 12.9. The van der Waals surface area contributed by atoms with Gasteiger partial charge in [0.25, 0.3) is 5.91 Å². The van der Waals surface area contributed by atoms with Gasteiger partial charge in [-0.25, -0.2) is 8.42 Å². The van der Waals surface area contributed by atoms with Gasteiger partial charge in [-0.3, -0.25) is 4.79 Å². The Kier molecular flexibility index (Phi) is 4.80. The highest BCUT2D eigenvalue weighted by Gasteiger charge is 2.19. The lowest BCUT2D eigenvalue weighted by atomic mass is 10.0. The second-order valence-corrected chi connectivity index (χ2v) is 8.48. The Hall–Kier alpha value is -3.06. The van der Waals surface area contributed by atoms with Gasteiger partial charge < -0.3 is 15.6 Å². The average molecular weight is 383 g/mol. The van der Waals surface area contributed by atoms with Crippen molar-refractivity contribution in [3.05, 3.63) is 65.9 Å². The summed E-state index contributed by atoms with van der Waals surface area (Å²) in [5.74, 6) is -0.268. The average Bonchev–Trinajstić information content (AvgIpc) is 2.90. The molecule has 27 heavy (non-hydrogen) atoms. The number of nitrogens with one attached hydrogen (secondary N) is 1. The number of hydrogen-bond donors (Lipinski definition) is 2. The highest BCUT2D eigenvalue weighted by atomic mass is 32.2. The number of nitrogens with zero attached hydrogens (tertiary/aromatic N) is 1. The van der Waals surface area contributed by atoms with E-state index in [1.807, 2.05) is 42.8 Å². The standard InChI is InChI=1S/C20H21N3O3S/c1-13-17(12-23(2)19(13)16-6-4-5-7-18(16)21)20(24)22-14-8-10-15(11-9-14)27(3,25)26/h4-12H,21H2,1-3H3,(H,22,24). The Morgan fingerprint density at radius 2 is 1.70 bits per heavy atom. The minimum absolute atomic E-state index is 0.207. The highest BCUT2D eigenvalue weighted by Crippen LogP contribution is 2.31. The smallest absolute Gasteiger partial charge is 0.257 e. The molecule has 0 radical (unpaired) electrons. The molecule has 1 heterocycles. The van der Waals surface area contributed by atoms with Crippen LogP contribution in [0.5, 0.6) is 0 Å². The first-order chi connectivity index (χ1) is 12.7. The van der Waals surface area contributed by atoms with Gasteiger partial charge in [0.2, 0.25) is 0 Å². The topological polar surface area (TPSA) is 94.2 Å². The SMILES string of the molecule is Cc1c(C(=O)Nc2ccc(S(C)(=O)=O)cc2)cn(C)c1-c1ccccc1N. The van der Waals surface area contributed by atoms with E-state index in [0.717, 1.165) is 23.1 Å². The van der Waals surface area contributed by atoms with E-state index >= 15 is 0 Å². The molecular weight excluding hydrogens is 362 g/mol. The van der Waals surface area contributed by atoms with E-state index in [0.29, 0.717) is 16.9 Å². The molecule has 0 fully saturated rings. The van der Waals surface area contributed by atoms with Gasteiger partial charge in [-0.15, -0.1) is 0 Å². The number of sulfone groups is 1. The molecule has 0 atom stereocenters. The van der Waals surface area contributed by atoms with E-state index in [4.69, 9.17) is 5.73 Å². The molecule has 0 aliphatic heterocycles. The molecule has 0 spiro atoms. The first-order valence-corrected chi connectivity index (χ1v) is 10.2. The Labute approximate surface area is 158 Å². The first-order valence-electron chi connectivity index (χ1n) is 8.30. The zero-order valence-corrected chi connectivity index (χ0v) is 16.2. The van der Waals surface area contributed by atoms with Crippen molar-refractivity contribution in [2.45, 2.75) is 11.8 Å². The molecule has 7 heteroatoms. The van der Waals surface area contributed by atoms with Crippen molar-refractivity contribution >= 4 is 27.1 Å². The Bertz CT molecular complexity index is 1110. The third kappa shape index (κ3) is 3.73. The monoisotopic (exact) mass is 383 g/mol. The molecule has 0 saturated carbocycles. The van der Waals surface area contributed by atoms with Crippen LogP contribution < -0.4 is 11.1 Å². The number of nitrogen functional groups attached to an aromatic ring is 1. The lowest BCUT2D eigenvalue weighted by Crippen LogP contribution is -2.12. The van der Waals surface area contributed by atoms with E-state index in [2.05, 4.69) is 5.32 Å². The van der Waals surface area contributed by atoms with Crippen LogP contribution in [0.1, 0.15) is 15.9 Å². The third-order valence-corrected chi connectivity index (χ3v) is 5.56. The molecule has 0 saturated heterocycles. The summed E-state index contributed by atoms with van der Waals surface area (Å²) < 4.78 is 24.9. The van der Waals surface area contributed by atoms with Crippen LogP contribution in [-0.2, 0) is 16.9 Å². The molecule has 6 nitrogen and oxygen atoms in total. The number of nitrogens with two attached hydrogens (primary N) is 1. The molecule has 3 rings (SSSR count). The van der Waals surface area contributed by atoms with Crippen LogP contribution in [0.2, 0.25) is 0 Å². The second kappa shape index (κ2) is 6.92. The lowest BCUT2D eigenvalue weighted by Gasteiger charge is -2.09. The van der Waals surface area contributed by atoms with Crippen LogP contribution in [0, 0.1) is 6.92 Å². The number of para-hydroxylation sites is 1. The van der Waals surface area contributed by atoms with E-state index < -0.39 is 9.84 Å². The molecule has 3 aromatic rings. The van der Waals surface area contributed by atoms with Crippen LogP contribution in [0.15, 0.2) is 59.6 Å². The van der Waals surface area contributed by atoms with Gasteiger partial charge in [0.1, 0.15) is 0 Å². The minimum atomic E-state index is -3.27. The zero-order valence-electron chi connectivity index (χ0n) is 15.4. The van der Waals surface area contributed by atoms with Crippen LogP contribution in [0.25, 0.3) is 11.3 Å². The highest BCUT2D eigenvalue weighted by molar-refractivity contribution is 7.90. The number of aromatic nitrogens is 1. The van der Waals surface area contributed by atoms with Crippen LogP contribution in [0.3, 0.4) is 0 Å². The molecule has 3 N–H and O–H groups in total. The van der Waals surface area contributed by atoms with Gasteiger partial charge in [0.05, 0.1) is 16.2 Å². The van der Waals surface area contributed by atoms with E-state index in [-0.39, 0.29) is 10.8 Å². The van der Waals surface area contributed by atoms with Gasteiger partial charge in [-0.2, -0.15) is 0 Å². The molecule has 0 aliphatic rings. The summed E-state index contributed by atoms with van der Waals surface area (Å²) in [7, 11) is -1.40. The Morgan fingerprint density at radius 3 is 2.30 bits per heavy atom. The van der Waals surface area contributed by atoms with Gasteiger partial charge in [-0.05, 0) is 42.8 Å². The summed E-state index contributed by atoms with van der Waals surface area (Å²) in [5.41, 5.74) is 10.4. The van der Waals surface area contributed by atoms with Gasteiger partial charge >= 0.3 is 0 Å². The van der Waals surface area contributed by atoms with Crippen molar-refractivity contribution in [2.75, 3.05) is 17.3 Å². The number of benzene rings is 2. The van der Waals surface area contributed by atoms with E-state index in [1.54, 1.807) is 18.3 Å². The largest absolute Gasteiger partial charge is 0.398 e. The number of carbonyl (C=O) groups is 1. The lowest BCUT2D eigenvalue weighted by molar-refractivity contribution is 0.102. The fourth-order valence-corrected chi connectivity index (χ4v) is 3.70. The molecule has 2 aromatic carbocycles. The quantitative estimate of drug-likeness (QED) is 0.676. The van der Waals surface area contributed by atoms with Crippen LogP contribution in [-0.4, -0.2) is 25.1 Å². The van der Waals surface area contributed by atoms with Crippen molar-refractivity contribution in [2.24, 2.45) is 7.05 Å². The van der Waals surface area contributed by atoms with Crippen molar-refractivity contribution < 1.29 is 13.2 Å². The summed E-state index contributed by atoms with van der Waals surface area (Å²) in [6, 6.07) is 13.6. The molecule has 140 valence electrons. The second-order valence-electron chi connectivity index (χ2n) is 6.47. The fraction of sp³-hybridized carbons (Fsp3) is 0.150. The molecule has 0 aliphatic carbocycles. The maximum absolute atomic E-state index is 12.7. The van der Waals surface area contributed by atoms with Gasteiger partial charge in [-0.1, -0.05) is 18.2 Å². The molecule has 1 amide bonds. The van der Waals surface area contributed by atoms with Crippen LogP contribution in [0.4, 0.5) is 11.4 Å². The number of amides is 1. The van der Waals surface area contributed by atoms with Crippen molar-refractivity contribution in [1.82, 2.24) is 4.57 Å². The summed E-state index contributed by atoms with van der Waals surface area (Å²) in [6.07, 6.45) is 2.90. The summed E-state index contributed by atoms with van der Waals surface area (Å²) in [6.45, 7) is 1.88. The third-order valence-electron chi connectivity index (χ3n) is 4.44. The molecule has 0 bridgehead atoms. The first kappa shape index (κ1) is 18.7. The molecule has 1 aromatic heterocycles. The maximum Gasteiger partial charge on any atom is 0.257 e. The maximum atomic E-state index is 12.7. The number of rotatable bonds is 4. The minimum Gasteiger partial charge on any atom is -0.398 e. The number of hydrogen-bond acceptors (Lipinski definition) is 4. The number of anilines is 2. The number of carbonyl (C=O) groups excluding carboxylic acids is 1. The van der Waals surface area contributed by atoms with E-state index in [1.165, 1.54) is 12.1 Å². The molecular formula is C20H21N3O3S. The zero-order chi connectivity index (χ0) is 19.8. The predicted molar refractivity (Wildman–Crippen MR) is 108 cm³/mol. The summed E-state index contributed by atoms with van der Waals surface area (Å²) in [5, 5.41) is 2.81. The Balaban J connectivity index is 1.90. The normalized spacial score (nSPS) is 11.4. The summed E-state index contributed by atoms with van der Waals surface area (Å²) >= 11 is 0. The van der Waals surface area contributed by atoms with Crippen LogP contribution >= 0.6 is 0 Å². The Morgan fingerprint density at radius 1 is 1.07 bits per heavy atom. The molecule has 0 unspecified atom stereocenters. The van der Waals surface area contributed by atoms with Gasteiger partial charge in [0.15, 0.2) is 9.84 Å². The van der Waals surface area contributed by atoms with Crippen molar-refractivity contribution in [1.29, 1.82) is 0 Å². The van der Waals surface area contributed by atoms with E-state index in [9.17, 15) is 13.2 Å². The fourth-order valence-electron chi connectivity index (χ4n) is 3.06. The van der Waals surface area contributed by atoms with Crippen molar-refractivity contribution in [3.63, 3.8) is 0 Å². The van der Waals surface area contributed by atoms with Crippen molar-refractivity contribution in [3.8, 4) is 11.3 Å². The predicted octanol–water partition coefficient (Wildman–Crippen LogP) is 3.24. The number of aryl methyl sites for hydroxylation is 1. The van der Waals surface area contributed by atoms with Gasteiger partial charge in [0, 0.05) is 36.4 Å².